The zero-order valence-electron chi connectivity index (χ0n) is 7.92. The van der Waals surface area contributed by atoms with Gasteiger partial charge in [0.2, 0.25) is 9.05 Å². The summed E-state index contributed by atoms with van der Waals surface area (Å²) in [5.41, 5.74) is -1.90. The summed E-state index contributed by atoms with van der Waals surface area (Å²) in [6, 6.07) is 1.08. The van der Waals surface area contributed by atoms with Crippen LogP contribution in [0.5, 0.6) is 5.75 Å². The van der Waals surface area contributed by atoms with Gasteiger partial charge in [-0.2, -0.15) is 13.2 Å². The topological polar surface area (TPSA) is 54.4 Å². The Kier molecular flexibility index (Phi) is 3.85. The minimum Gasteiger partial charge on any atom is -0.506 e. The third-order valence-electron chi connectivity index (χ3n) is 1.81. The van der Waals surface area contributed by atoms with Crippen molar-refractivity contribution in [2.24, 2.45) is 0 Å². The van der Waals surface area contributed by atoms with Crippen LogP contribution in [0.2, 0.25) is 5.02 Å². The molecule has 0 radical (unpaired) electrons. The first kappa shape index (κ1) is 14.4. The number of aromatic hydroxyl groups is 1. The molecule has 96 valence electrons. The highest BCUT2D eigenvalue weighted by molar-refractivity contribution is 8.13. The van der Waals surface area contributed by atoms with Gasteiger partial charge in [-0.1, -0.05) is 11.6 Å². The molecule has 0 unspecified atom stereocenters. The van der Waals surface area contributed by atoms with Crippen LogP contribution in [-0.2, 0) is 21.0 Å². The van der Waals surface area contributed by atoms with Crippen LogP contribution in [0.3, 0.4) is 0 Å². The van der Waals surface area contributed by atoms with E-state index < -0.39 is 37.9 Å². The summed E-state index contributed by atoms with van der Waals surface area (Å²) >= 11 is 5.41. The summed E-state index contributed by atoms with van der Waals surface area (Å²) < 4.78 is 59.2. The van der Waals surface area contributed by atoms with Crippen molar-refractivity contribution in [2.45, 2.75) is 11.9 Å². The van der Waals surface area contributed by atoms with Crippen LogP contribution in [0.4, 0.5) is 13.2 Å². The SMILES string of the molecule is O=S(=O)(Cl)Cc1cc(Cl)c(O)cc1C(F)(F)F. The zero-order valence-corrected chi connectivity index (χ0v) is 10.3. The van der Waals surface area contributed by atoms with E-state index in [4.69, 9.17) is 27.4 Å². The van der Waals surface area contributed by atoms with E-state index in [9.17, 15) is 21.6 Å². The molecule has 0 aliphatic heterocycles. The first-order valence-electron chi connectivity index (χ1n) is 4.01. The van der Waals surface area contributed by atoms with Crippen LogP contribution in [0.25, 0.3) is 0 Å². The Morgan fingerprint density at radius 1 is 1.29 bits per heavy atom. The van der Waals surface area contributed by atoms with Gasteiger partial charge in [-0.3, -0.25) is 0 Å². The molecule has 0 spiro atoms. The van der Waals surface area contributed by atoms with Gasteiger partial charge in [0, 0.05) is 10.7 Å². The number of hydrogen-bond acceptors (Lipinski definition) is 3. The van der Waals surface area contributed by atoms with Crippen LogP contribution < -0.4 is 0 Å². The van der Waals surface area contributed by atoms with Crippen LogP contribution in [0.1, 0.15) is 11.1 Å². The van der Waals surface area contributed by atoms with Crippen molar-refractivity contribution in [1.29, 1.82) is 0 Å². The van der Waals surface area contributed by atoms with Gasteiger partial charge >= 0.3 is 6.18 Å². The molecule has 0 amide bonds. The number of phenols is 1. The van der Waals surface area contributed by atoms with Crippen molar-refractivity contribution >= 4 is 31.3 Å². The summed E-state index contributed by atoms with van der Waals surface area (Å²) in [6.45, 7) is 0. The van der Waals surface area contributed by atoms with Crippen molar-refractivity contribution in [3.05, 3.63) is 28.3 Å². The van der Waals surface area contributed by atoms with E-state index in [1.54, 1.807) is 0 Å². The Labute approximate surface area is 104 Å². The number of halogens is 5. The van der Waals surface area contributed by atoms with Crippen molar-refractivity contribution in [2.75, 3.05) is 0 Å². The van der Waals surface area contributed by atoms with Crippen LogP contribution >= 0.6 is 22.3 Å². The Bertz CT molecular complexity index is 540. The Morgan fingerprint density at radius 3 is 2.24 bits per heavy atom. The van der Waals surface area contributed by atoms with Crippen molar-refractivity contribution < 1.29 is 26.7 Å². The molecule has 9 heteroatoms. The molecule has 1 aromatic rings. The summed E-state index contributed by atoms with van der Waals surface area (Å²) in [5, 5.41) is 8.69. The van der Waals surface area contributed by atoms with Gasteiger partial charge in [0.05, 0.1) is 16.3 Å². The fraction of sp³-hybridized carbons (Fsp3) is 0.250. The number of benzene rings is 1. The lowest BCUT2D eigenvalue weighted by molar-refractivity contribution is -0.138. The molecular formula is C8H5Cl2F3O3S. The summed E-state index contributed by atoms with van der Waals surface area (Å²) in [6.07, 6.45) is -4.81. The summed E-state index contributed by atoms with van der Waals surface area (Å²) in [5.74, 6) is -1.81. The minimum atomic E-state index is -4.81. The lowest BCUT2D eigenvalue weighted by atomic mass is 10.1. The van der Waals surface area contributed by atoms with Gasteiger partial charge in [-0.15, -0.1) is 0 Å². The van der Waals surface area contributed by atoms with E-state index in [0.29, 0.717) is 6.07 Å². The lowest BCUT2D eigenvalue weighted by Crippen LogP contribution is -2.11. The van der Waals surface area contributed by atoms with E-state index >= 15 is 0 Å². The molecule has 1 N–H and O–H groups in total. The molecule has 17 heavy (non-hydrogen) atoms. The van der Waals surface area contributed by atoms with E-state index in [2.05, 4.69) is 0 Å². The minimum absolute atomic E-state index is 0.361. The van der Waals surface area contributed by atoms with E-state index in [1.807, 2.05) is 0 Å². The Morgan fingerprint density at radius 2 is 1.82 bits per heavy atom. The Hall–Kier alpha value is -0.660. The molecule has 0 saturated carbocycles. The van der Waals surface area contributed by atoms with Gasteiger partial charge in [-0.25, -0.2) is 8.42 Å². The third kappa shape index (κ3) is 3.93. The predicted molar refractivity (Wildman–Crippen MR) is 56.6 cm³/mol. The standard InChI is InChI=1S/C8H5Cl2F3O3S/c9-6-1-4(3-17(10,15)16)5(2-7(6)14)8(11,12)13/h1-2,14H,3H2. The maximum absolute atomic E-state index is 12.5. The highest BCUT2D eigenvalue weighted by Gasteiger charge is 2.35. The summed E-state index contributed by atoms with van der Waals surface area (Å²) in [7, 11) is 0.724. The van der Waals surface area contributed by atoms with Gasteiger partial charge in [0.1, 0.15) is 5.75 Å². The van der Waals surface area contributed by atoms with Crippen molar-refractivity contribution in [1.82, 2.24) is 0 Å². The number of phenolic OH excluding ortho intramolecular Hbond substituents is 1. The Balaban J connectivity index is 3.42. The number of rotatable bonds is 2. The predicted octanol–water partition coefficient (Wildman–Crippen LogP) is 3.13. The summed E-state index contributed by atoms with van der Waals surface area (Å²) in [4.78, 5) is 0. The van der Waals surface area contributed by atoms with E-state index in [1.165, 1.54) is 0 Å². The smallest absolute Gasteiger partial charge is 0.416 e. The quantitative estimate of drug-likeness (QED) is 0.854. The average Bonchev–Trinajstić information content (AvgIpc) is 2.06. The van der Waals surface area contributed by atoms with Crippen LogP contribution in [-0.4, -0.2) is 13.5 Å². The van der Waals surface area contributed by atoms with Gasteiger partial charge < -0.3 is 5.11 Å². The average molecular weight is 309 g/mol. The van der Waals surface area contributed by atoms with Crippen LogP contribution in [0, 0.1) is 0 Å². The second-order valence-electron chi connectivity index (χ2n) is 3.14. The highest BCUT2D eigenvalue weighted by Crippen LogP contribution is 2.38. The molecule has 0 fully saturated rings. The first-order valence-corrected chi connectivity index (χ1v) is 6.87. The lowest BCUT2D eigenvalue weighted by Gasteiger charge is -2.13. The molecule has 1 rings (SSSR count). The van der Waals surface area contributed by atoms with Gasteiger partial charge in [0.25, 0.3) is 0 Å². The fourth-order valence-electron chi connectivity index (χ4n) is 1.17. The van der Waals surface area contributed by atoms with Crippen molar-refractivity contribution in [3.63, 3.8) is 0 Å². The maximum Gasteiger partial charge on any atom is 0.416 e. The molecule has 0 atom stereocenters. The fourth-order valence-corrected chi connectivity index (χ4v) is 2.32. The molecule has 0 aliphatic rings. The molecule has 1 aromatic carbocycles. The first-order chi connectivity index (χ1) is 7.50. The largest absolute Gasteiger partial charge is 0.506 e. The van der Waals surface area contributed by atoms with Gasteiger partial charge in [0.15, 0.2) is 0 Å². The molecule has 3 nitrogen and oxygen atoms in total. The molecular weight excluding hydrogens is 304 g/mol. The van der Waals surface area contributed by atoms with E-state index in [-0.39, 0.29) is 5.02 Å². The molecule has 0 heterocycles. The normalized spacial score (nSPS) is 12.8. The monoisotopic (exact) mass is 308 g/mol. The van der Waals surface area contributed by atoms with E-state index in [0.717, 1.165) is 6.07 Å². The molecule has 0 bridgehead atoms. The number of hydrogen-bond donors (Lipinski definition) is 1. The molecule has 0 aliphatic carbocycles. The second kappa shape index (κ2) is 4.55. The molecule has 0 aromatic heterocycles. The van der Waals surface area contributed by atoms with Crippen LogP contribution in [0.15, 0.2) is 12.1 Å². The van der Waals surface area contributed by atoms with Crippen molar-refractivity contribution in [3.8, 4) is 5.75 Å². The third-order valence-corrected chi connectivity index (χ3v) is 3.09. The number of alkyl halides is 3. The van der Waals surface area contributed by atoms with Gasteiger partial charge in [-0.05, 0) is 17.7 Å². The zero-order chi connectivity index (χ0) is 13.4. The maximum atomic E-state index is 12.5. The highest BCUT2D eigenvalue weighted by atomic mass is 35.7. The molecule has 0 saturated heterocycles. The second-order valence-corrected chi connectivity index (χ2v) is 6.33.